The van der Waals surface area contributed by atoms with Crippen LogP contribution in [0.5, 0.6) is 0 Å². The lowest BCUT2D eigenvalue weighted by Crippen LogP contribution is -2.18. The Bertz CT molecular complexity index is 796. The van der Waals surface area contributed by atoms with E-state index in [0.717, 1.165) is 0 Å². The number of hydrogen-bond acceptors (Lipinski definition) is 0. The molecule has 0 aliphatic rings. The van der Waals surface area contributed by atoms with Crippen LogP contribution in [0.1, 0.15) is 52.7 Å². The van der Waals surface area contributed by atoms with Crippen molar-refractivity contribution in [3.63, 3.8) is 0 Å². The topological polar surface area (TPSA) is 0 Å². The van der Waals surface area contributed by atoms with Gasteiger partial charge in [0.2, 0.25) is 0 Å². The molecule has 0 aliphatic carbocycles. The van der Waals surface area contributed by atoms with Crippen LogP contribution in [0.15, 0.2) is 72.8 Å². The van der Waals surface area contributed by atoms with E-state index in [1.807, 2.05) is 0 Å². The minimum atomic E-state index is 0.0745. The van der Waals surface area contributed by atoms with E-state index in [4.69, 9.17) is 0 Å². The Morgan fingerprint density at radius 1 is 0.462 bits per heavy atom. The van der Waals surface area contributed by atoms with Gasteiger partial charge in [-0.05, 0) is 56.3 Å². The van der Waals surface area contributed by atoms with Crippen LogP contribution in [0.4, 0.5) is 0 Å². The molecule has 0 aliphatic heterocycles. The molecular weight excluding hydrogens is 312 g/mol. The molecule has 0 radical (unpaired) electrons. The van der Waals surface area contributed by atoms with Gasteiger partial charge >= 0.3 is 0 Å². The molecule has 3 aromatic rings. The Balaban J connectivity index is 2.37. The molecule has 0 fully saturated rings. The van der Waals surface area contributed by atoms with Crippen LogP contribution < -0.4 is 0 Å². The highest BCUT2D eigenvalue weighted by atomic mass is 14.3. The van der Waals surface area contributed by atoms with Crippen LogP contribution in [-0.2, 0) is 10.8 Å². The second kappa shape index (κ2) is 6.76. The van der Waals surface area contributed by atoms with E-state index < -0.39 is 0 Å². The first-order valence-corrected chi connectivity index (χ1v) is 9.48. The van der Waals surface area contributed by atoms with Crippen molar-refractivity contribution in [1.29, 1.82) is 0 Å². The van der Waals surface area contributed by atoms with Gasteiger partial charge in [0, 0.05) is 0 Å². The molecule has 0 unspecified atom stereocenters. The number of hydrogen-bond donors (Lipinski definition) is 0. The van der Waals surface area contributed by atoms with Crippen LogP contribution in [0.25, 0.3) is 22.3 Å². The number of benzene rings is 3. The minimum absolute atomic E-state index is 0.0745. The van der Waals surface area contributed by atoms with Crippen molar-refractivity contribution in [2.45, 2.75) is 52.4 Å². The van der Waals surface area contributed by atoms with E-state index in [2.05, 4.69) is 114 Å². The highest BCUT2D eigenvalue weighted by Crippen LogP contribution is 2.42. The van der Waals surface area contributed by atoms with E-state index in [-0.39, 0.29) is 10.8 Å². The lowest BCUT2D eigenvalue weighted by Gasteiger charge is -2.30. The summed E-state index contributed by atoms with van der Waals surface area (Å²) in [7, 11) is 0. The third-order valence-corrected chi connectivity index (χ3v) is 4.94. The van der Waals surface area contributed by atoms with Crippen molar-refractivity contribution in [3.8, 4) is 22.3 Å². The first-order valence-electron chi connectivity index (χ1n) is 9.48. The van der Waals surface area contributed by atoms with Crippen LogP contribution in [0.2, 0.25) is 0 Å². The molecule has 0 atom stereocenters. The third kappa shape index (κ3) is 3.75. The fourth-order valence-electron chi connectivity index (χ4n) is 3.55. The second-order valence-corrected chi connectivity index (χ2v) is 9.18. The highest BCUT2D eigenvalue weighted by molar-refractivity contribution is 5.78. The largest absolute Gasteiger partial charge is 0.0622 e. The Kier molecular flexibility index (Phi) is 4.80. The molecule has 3 aromatic carbocycles. The smallest absolute Gasteiger partial charge is 0.0125 e. The van der Waals surface area contributed by atoms with Crippen molar-refractivity contribution >= 4 is 0 Å². The Labute approximate surface area is 158 Å². The molecular formula is C26H30. The molecule has 26 heavy (non-hydrogen) atoms. The summed E-state index contributed by atoms with van der Waals surface area (Å²) in [5, 5.41) is 0. The summed E-state index contributed by atoms with van der Waals surface area (Å²) >= 11 is 0. The van der Waals surface area contributed by atoms with Crippen molar-refractivity contribution in [1.82, 2.24) is 0 Å². The average Bonchev–Trinajstić information content (AvgIpc) is 2.60. The van der Waals surface area contributed by atoms with E-state index in [9.17, 15) is 0 Å². The molecule has 0 heterocycles. The summed E-state index contributed by atoms with van der Waals surface area (Å²) in [5.74, 6) is 0. The monoisotopic (exact) mass is 342 g/mol. The van der Waals surface area contributed by atoms with Gasteiger partial charge in [-0.15, -0.1) is 0 Å². The predicted octanol–water partition coefficient (Wildman–Crippen LogP) is 7.62. The van der Waals surface area contributed by atoms with Crippen molar-refractivity contribution < 1.29 is 0 Å². The molecule has 134 valence electrons. The van der Waals surface area contributed by atoms with Gasteiger partial charge in [0.1, 0.15) is 0 Å². The fourth-order valence-corrected chi connectivity index (χ4v) is 3.55. The summed E-state index contributed by atoms with van der Waals surface area (Å²) in [4.78, 5) is 0. The Morgan fingerprint density at radius 3 is 1.04 bits per heavy atom. The third-order valence-electron chi connectivity index (χ3n) is 4.94. The lowest BCUT2D eigenvalue weighted by atomic mass is 9.74. The fraction of sp³-hybridized carbons (Fsp3) is 0.308. The van der Waals surface area contributed by atoms with Gasteiger partial charge in [0.25, 0.3) is 0 Å². The maximum atomic E-state index is 2.43. The first-order chi connectivity index (χ1) is 12.2. The van der Waals surface area contributed by atoms with Gasteiger partial charge in [-0.1, -0.05) is 102 Å². The van der Waals surface area contributed by atoms with Crippen LogP contribution in [-0.4, -0.2) is 0 Å². The van der Waals surface area contributed by atoms with Crippen molar-refractivity contribution in [3.05, 3.63) is 83.9 Å². The summed E-state index contributed by atoms with van der Waals surface area (Å²) in [6.45, 7) is 13.8. The van der Waals surface area contributed by atoms with E-state index >= 15 is 0 Å². The van der Waals surface area contributed by atoms with Gasteiger partial charge in [-0.3, -0.25) is 0 Å². The first kappa shape index (κ1) is 18.5. The molecule has 3 rings (SSSR count). The van der Waals surface area contributed by atoms with E-state index in [1.54, 1.807) is 0 Å². The predicted molar refractivity (Wildman–Crippen MR) is 115 cm³/mol. The van der Waals surface area contributed by atoms with Gasteiger partial charge < -0.3 is 0 Å². The normalized spacial score (nSPS) is 12.2. The van der Waals surface area contributed by atoms with Crippen LogP contribution in [0, 0.1) is 0 Å². The standard InChI is InChI=1S/C26H30/c1-25(2,3)23-17-22(20-15-11-8-12-16-20)24(26(4,5)6)18-21(23)19-13-9-7-10-14-19/h7-18H,1-6H3. The van der Waals surface area contributed by atoms with E-state index in [1.165, 1.54) is 33.4 Å². The molecule has 0 heteroatoms. The zero-order valence-corrected chi connectivity index (χ0v) is 16.9. The molecule has 0 aromatic heterocycles. The molecule has 0 amide bonds. The van der Waals surface area contributed by atoms with Crippen LogP contribution in [0.3, 0.4) is 0 Å². The molecule has 0 spiro atoms. The molecule has 0 N–H and O–H groups in total. The zero-order chi connectivity index (χ0) is 18.9. The molecule has 0 bridgehead atoms. The Hall–Kier alpha value is -2.34. The summed E-state index contributed by atoms with van der Waals surface area (Å²) in [6.07, 6.45) is 0. The highest BCUT2D eigenvalue weighted by Gasteiger charge is 2.26. The van der Waals surface area contributed by atoms with Crippen molar-refractivity contribution in [2.24, 2.45) is 0 Å². The molecule has 0 saturated heterocycles. The van der Waals surface area contributed by atoms with Gasteiger partial charge in [0.15, 0.2) is 0 Å². The lowest BCUT2D eigenvalue weighted by molar-refractivity contribution is 0.580. The van der Waals surface area contributed by atoms with Crippen LogP contribution >= 0.6 is 0 Å². The number of rotatable bonds is 2. The SMILES string of the molecule is CC(C)(C)c1cc(-c2ccccc2)c(C(C)(C)C)cc1-c1ccccc1. The summed E-state index contributed by atoms with van der Waals surface area (Å²) < 4.78 is 0. The molecule has 0 saturated carbocycles. The molecule has 0 nitrogen and oxygen atoms in total. The minimum Gasteiger partial charge on any atom is -0.0622 e. The van der Waals surface area contributed by atoms with Crippen molar-refractivity contribution in [2.75, 3.05) is 0 Å². The maximum Gasteiger partial charge on any atom is -0.0125 e. The van der Waals surface area contributed by atoms with E-state index in [0.29, 0.717) is 0 Å². The van der Waals surface area contributed by atoms with Gasteiger partial charge in [-0.2, -0.15) is 0 Å². The quantitative estimate of drug-likeness (QED) is 0.449. The van der Waals surface area contributed by atoms with Gasteiger partial charge in [-0.25, -0.2) is 0 Å². The summed E-state index contributed by atoms with van der Waals surface area (Å²) in [5.41, 5.74) is 8.23. The summed E-state index contributed by atoms with van der Waals surface area (Å²) in [6, 6.07) is 26.4. The maximum absolute atomic E-state index is 2.43. The Morgan fingerprint density at radius 2 is 0.769 bits per heavy atom. The van der Waals surface area contributed by atoms with Gasteiger partial charge in [0.05, 0.1) is 0 Å². The second-order valence-electron chi connectivity index (χ2n) is 9.18. The zero-order valence-electron chi connectivity index (χ0n) is 16.9. The average molecular weight is 343 g/mol.